The van der Waals surface area contributed by atoms with Crippen molar-refractivity contribution in [3.63, 3.8) is 0 Å². The van der Waals surface area contributed by atoms with Crippen LogP contribution in [0.1, 0.15) is 156 Å². The van der Waals surface area contributed by atoms with Gasteiger partial charge in [-0.15, -0.1) is 8.73 Å². The standard InChI is InChI=1S/C26H29N9OS.C26H33N7O3S.C25H27N9O3S.C25H31N7O5S/c1-33-17-21(16-29-33)23-18-35-26(20(13-27)15-30-35)25(31-23)19-7-8-24(28-14-19)34-9-11-37(36,12-10-34)32-22-5-3-2-4-6-22;1-26(2,34)18-36-23-17-33-25(20(14-27)16-29-33)24(30-23)19-8-9-22(28-15-19)32-10-12-37(35,13-11-32)31-21-6-4-3-5-7-21;1-25(2,3)37-24(35)31-38(36)9-7-33(8-10-38)21-6-5-17(12-27-21)22-23-18(11-26)13-29-34(23)16-20(30-22)19-14-28-32(4)15-19;1-24(2,3)37-23(33)30-38(35)10-8-31(9-11-38)19-7-6-17(13-27-19)21-22-18(12-26)14-28-32(22)15-20(29-21)36-16-25(4,5)34/h7-8,14-18,22H,2-6,9-12H2,1H3;8-9,15-17,21,34H,3-7,10-13,18H2,1-2H3;5-6,12-16H,7-10H2,1-4H3;6-7,13-15,34H,8-11,16H2,1-5H3. The Hall–Kier alpha value is -15.1. The quantitative estimate of drug-likeness (QED) is 0.0805. The maximum atomic E-state index is 13.3. The van der Waals surface area contributed by atoms with Crippen molar-refractivity contribution in [2.45, 2.75) is 168 Å². The van der Waals surface area contributed by atoms with Crippen LogP contribution in [0.5, 0.6) is 11.8 Å². The highest BCUT2D eigenvalue weighted by molar-refractivity contribution is 7.94. The second-order valence-corrected chi connectivity index (χ2v) is 51.1. The van der Waals surface area contributed by atoms with Gasteiger partial charge >= 0.3 is 12.2 Å². The van der Waals surface area contributed by atoms with E-state index in [1.54, 1.807) is 154 Å². The molecule has 14 aromatic heterocycles. The Morgan fingerprint density at radius 1 is 0.360 bits per heavy atom. The van der Waals surface area contributed by atoms with Crippen molar-refractivity contribution >= 4 is 96.4 Å². The predicted molar refractivity (Wildman–Crippen MR) is 568 cm³/mol. The first kappa shape index (κ1) is 106. The first-order valence-electron chi connectivity index (χ1n) is 49.6. The van der Waals surface area contributed by atoms with Gasteiger partial charge in [0.2, 0.25) is 11.8 Å². The van der Waals surface area contributed by atoms with E-state index in [2.05, 4.69) is 98.3 Å². The Bertz CT molecular complexity index is 8040. The molecule has 784 valence electrons. The summed E-state index contributed by atoms with van der Waals surface area (Å²) in [6.07, 6.45) is 36.9. The zero-order valence-electron chi connectivity index (χ0n) is 85.7. The second kappa shape index (κ2) is 44.4. The molecule has 48 heteroatoms. The summed E-state index contributed by atoms with van der Waals surface area (Å²) in [7, 11) is -5.99. The van der Waals surface area contributed by atoms with Crippen LogP contribution in [0.15, 0.2) is 165 Å². The molecular weight excluding hydrogens is 1990 g/mol. The monoisotopic (exact) mass is 2110 g/mol. The molecule has 20 rings (SSSR count). The van der Waals surface area contributed by atoms with Crippen LogP contribution >= 0.6 is 0 Å². The summed E-state index contributed by atoms with van der Waals surface area (Å²) >= 11 is 0. The van der Waals surface area contributed by atoms with Crippen molar-refractivity contribution in [2.75, 3.05) is 131 Å². The first-order chi connectivity index (χ1) is 71.5. The van der Waals surface area contributed by atoms with E-state index in [9.17, 15) is 57.7 Å². The van der Waals surface area contributed by atoms with E-state index >= 15 is 0 Å². The smallest absolute Gasteiger partial charge is 0.442 e. The Morgan fingerprint density at radius 3 is 0.880 bits per heavy atom. The highest BCUT2D eigenvalue weighted by Gasteiger charge is 2.33. The van der Waals surface area contributed by atoms with Gasteiger partial charge in [0.25, 0.3) is 0 Å². The van der Waals surface area contributed by atoms with Gasteiger partial charge < -0.3 is 48.8 Å². The van der Waals surface area contributed by atoms with Crippen molar-refractivity contribution in [2.24, 2.45) is 31.5 Å². The largest absolute Gasteiger partial charge is 0.474 e. The highest BCUT2D eigenvalue weighted by Crippen LogP contribution is 2.38. The first-order valence-corrected chi connectivity index (χ1v) is 57.0. The average Bonchev–Trinajstić information content (AvgIpc) is 1.55. The molecule has 2 amide bonds. The second-order valence-electron chi connectivity index (χ2n) is 40.9. The minimum Gasteiger partial charge on any atom is -0.474 e. The molecule has 0 radical (unpaired) electrons. The summed E-state index contributed by atoms with van der Waals surface area (Å²) in [5.41, 5.74) is 8.60. The number of pyridine rings is 4. The molecule has 14 aromatic rings. The topological polar surface area (TPSA) is 545 Å². The van der Waals surface area contributed by atoms with Crippen molar-refractivity contribution in [1.29, 1.82) is 21.0 Å². The number of carbonyl (C=O) groups excluding carboxylic acids is 2. The summed E-state index contributed by atoms with van der Waals surface area (Å²) in [5.74, 6) is 6.80. The van der Waals surface area contributed by atoms with Gasteiger partial charge in [-0.1, -0.05) is 38.5 Å². The zero-order valence-corrected chi connectivity index (χ0v) is 89.0. The van der Waals surface area contributed by atoms with Crippen LogP contribution in [-0.2, 0) is 62.5 Å². The third kappa shape index (κ3) is 26.2. The van der Waals surface area contributed by atoms with Gasteiger partial charge in [0.05, 0.1) is 170 Å². The molecule has 0 atom stereocenters. The van der Waals surface area contributed by atoms with Crippen LogP contribution in [0.2, 0.25) is 0 Å². The number of amides is 2. The molecule has 0 unspecified atom stereocenters. The number of hydrogen-bond donors (Lipinski definition) is 2. The number of aromatic nitrogens is 20. The Morgan fingerprint density at radius 2 is 0.633 bits per heavy atom. The molecule has 6 aliphatic rings. The van der Waals surface area contributed by atoms with Crippen molar-refractivity contribution in [3.05, 3.63) is 170 Å². The van der Waals surface area contributed by atoms with Gasteiger partial charge in [-0.3, -0.25) is 9.36 Å². The van der Waals surface area contributed by atoms with E-state index in [-0.39, 0.29) is 60.1 Å². The van der Waals surface area contributed by atoms with E-state index < -0.39 is 73.5 Å². The van der Waals surface area contributed by atoms with Crippen molar-refractivity contribution in [3.8, 4) is 104 Å². The van der Waals surface area contributed by atoms with Gasteiger partial charge in [-0.05, 0) is 143 Å². The Labute approximate surface area is 869 Å². The SMILES string of the molecule is CC(C)(O)COc1cn2ncc(C#N)c2c(-c2ccc(N3CCS(=O)(=NC(=O)OC(C)(C)C)CC3)nc2)n1.CC(C)(O)COc1cn2ncc(C#N)c2c(-c2ccc(N3CCS(=O)(=NC4CCCCC4)CC3)nc2)n1.Cn1cc(-c2cn3ncc(C#N)c3c(-c3ccc(N4CCS(=O)(=NC(=O)OC(C)(C)C)CC4)nc3)n2)cn1.Cn1cc(-c2cn3ncc(C#N)c3c(-c3ccc(N4CCS(=O)(=NC5CCCCC5)CC4)nc3)n2)cn1. The minimum absolute atomic E-state index is 0.0207. The fourth-order valence-corrected chi connectivity index (χ4v) is 25.7. The summed E-state index contributed by atoms with van der Waals surface area (Å²) < 4.78 is 102. The van der Waals surface area contributed by atoms with E-state index in [1.807, 2.05) is 91.0 Å². The van der Waals surface area contributed by atoms with Crippen molar-refractivity contribution in [1.82, 2.24) is 97.9 Å². The number of fused-ring (bicyclic) bond motifs is 4. The fourth-order valence-electron chi connectivity index (χ4n) is 18.0. The normalized spacial score (nSPS) is 16.9. The zero-order chi connectivity index (χ0) is 106. The number of carbonyl (C=O) groups is 2. The summed E-state index contributed by atoms with van der Waals surface area (Å²) in [6.45, 7) is 21.5. The lowest BCUT2D eigenvalue weighted by molar-refractivity contribution is 0.0264. The molecule has 44 nitrogen and oxygen atoms in total. The maximum absolute atomic E-state index is 13.3. The molecule has 0 bridgehead atoms. The van der Waals surface area contributed by atoms with Gasteiger partial charge in [0.1, 0.15) is 128 Å². The Kier molecular flexibility index (Phi) is 31.4. The number of nitrogens with zero attached hydrogens (tertiary/aromatic N) is 32. The van der Waals surface area contributed by atoms with Gasteiger partial charge in [-0.2, -0.15) is 51.6 Å². The van der Waals surface area contributed by atoms with Crippen LogP contribution in [-0.4, -0.2) is 283 Å². The average molecular weight is 2110 g/mol. The van der Waals surface area contributed by atoms with E-state index in [0.29, 0.717) is 177 Å². The number of aryl methyl sites for hydroxylation is 2. The predicted octanol–water partition coefficient (Wildman–Crippen LogP) is 13.4. The Balaban J connectivity index is 0.000000136. The number of rotatable bonds is 18. The third-order valence-corrected chi connectivity index (χ3v) is 34.4. The number of anilines is 4. The molecule has 6 fully saturated rings. The number of nitriles is 4. The molecule has 150 heavy (non-hydrogen) atoms. The molecule has 2 N–H and O–H groups in total. The van der Waals surface area contributed by atoms with E-state index in [0.717, 1.165) is 59.6 Å². The number of hydrogen-bond acceptors (Lipinski definition) is 36. The molecular formula is C102H120N32O12S4. The van der Waals surface area contributed by atoms with Crippen LogP contribution < -0.4 is 29.1 Å². The van der Waals surface area contributed by atoms with E-state index in [4.69, 9.17) is 42.6 Å². The number of aliphatic hydroxyl groups is 2. The molecule has 2 saturated carbocycles. The summed E-state index contributed by atoms with van der Waals surface area (Å²) in [5, 5.41) is 84.2. The van der Waals surface area contributed by atoms with Crippen LogP contribution in [0, 0.1) is 45.3 Å². The molecule has 4 saturated heterocycles. The van der Waals surface area contributed by atoms with E-state index in [1.165, 1.54) is 61.6 Å². The fraction of sp³-hybridized carbons (Fsp3) is 0.451. The molecule has 0 spiro atoms. The summed E-state index contributed by atoms with van der Waals surface area (Å²) in [4.78, 5) is 69.9. The van der Waals surface area contributed by atoms with Crippen LogP contribution in [0.25, 0.3) is 89.6 Å². The van der Waals surface area contributed by atoms with Gasteiger partial charge in [0.15, 0.2) is 0 Å². The molecule has 0 aromatic carbocycles. The van der Waals surface area contributed by atoms with Gasteiger partial charge in [0, 0.05) is 160 Å². The maximum Gasteiger partial charge on any atom is 0.442 e. The lowest BCUT2D eigenvalue weighted by Gasteiger charge is -2.31. The van der Waals surface area contributed by atoms with Crippen LogP contribution in [0.4, 0.5) is 32.9 Å². The number of ether oxygens (including phenoxy) is 4. The third-order valence-electron chi connectivity index (χ3n) is 25.5. The molecule has 4 aliphatic heterocycles. The molecule has 2 aliphatic carbocycles. The van der Waals surface area contributed by atoms with Gasteiger partial charge in [-0.25, -0.2) is 93.1 Å². The summed E-state index contributed by atoms with van der Waals surface area (Å²) in [6, 6.07) is 24.4. The highest BCUT2D eigenvalue weighted by atomic mass is 32.2. The minimum atomic E-state index is -2.70. The van der Waals surface area contributed by atoms with Crippen molar-refractivity contribution < 1.29 is 55.6 Å². The molecule has 18 heterocycles. The lowest BCUT2D eigenvalue weighted by atomic mass is 9.97. The van der Waals surface area contributed by atoms with Crippen LogP contribution in [0.3, 0.4) is 0 Å². The lowest BCUT2D eigenvalue weighted by Crippen LogP contribution is -2.41.